The lowest BCUT2D eigenvalue weighted by Gasteiger charge is -2.26. The van der Waals surface area contributed by atoms with Crippen LogP contribution in [0.5, 0.6) is 0 Å². The molecule has 198 valence electrons. The van der Waals surface area contributed by atoms with Gasteiger partial charge in [0.25, 0.3) is 10.0 Å². The van der Waals surface area contributed by atoms with Crippen molar-refractivity contribution >= 4 is 33.7 Å². The van der Waals surface area contributed by atoms with Crippen molar-refractivity contribution in [2.75, 3.05) is 30.9 Å². The second-order valence-corrected chi connectivity index (χ2v) is 11.3. The van der Waals surface area contributed by atoms with E-state index in [-0.39, 0.29) is 22.1 Å². The zero-order valence-corrected chi connectivity index (χ0v) is 21.9. The summed E-state index contributed by atoms with van der Waals surface area (Å²) in [4.78, 5) is 27.3. The van der Waals surface area contributed by atoms with Crippen molar-refractivity contribution in [3.05, 3.63) is 64.7 Å². The molecule has 0 spiro atoms. The smallest absolute Gasteiger partial charge is 0.338 e. The van der Waals surface area contributed by atoms with E-state index in [0.717, 1.165) is 44.5 Å². The molecule has 3 N–H and O–H groups in total. The lowest BCUT2D eigenvalue weighted by atomic mass is 9.85. The van der Waals surface area contributed by atoms with E-state index in [2.05, 4.69) is 14.9 Å². The maximum absolute atomic E-state index is 13.1. The summed E-state index contributed by atoms with van der Waals surface area (Å²) in [6, 6.07) is 9.64. The van der Waals surface area contributed by atoms with Gasteiger partial charge in [0.05, 0.1) is 16.1 Å². The van der Waals surface area contributed by atoms with Crippen LogP contribution in [0.1, 0.15) is 65.6 Å². The quantitative estimate of drug-likeness (QED) is 0.318. The van der Waals surface area contributed by atoms with E-state index in [1.54, 1.807) is 18.2 Å². The van der Waals surface area contributed by atoms with Crippen molar-refractivity contribution in [1.82, 2.24) is 10.2 Å². The zero-order valence-electron chi connectivity index (χ0n) is 21.0. The molecule has 0 saturated carbocycles. The van der Waals surface area contributed by atoms with Crippen LogP contribution in [0.3, 0.4) is 0 Å². The van der Waals surface area contributed by atoms with Crippen LogP contribution in [0, 0.1) is 0 Å². The van der Waals surface area contributed by atoms with Gasteiger partial charge in [-0.15, -0.1) is 0 Å². The fourth-order valence-corrected chi connectivity index (χ4v) is 6.24. The van der Waals surface area contributed by atoms with Crippen molar-refractivity contribution in [1.29, 1.82) is 0 Å². The summed E-state index contributed by atoms with van der Waals surface area (Å²) in [5.41, 5.74) is 1.85. The second-order valence-electron chi connectivity index (χ2n) is 9.66. The topological polar surface area (TPSA) is 116 Å². The van der Waals surface area contributed by atoms with Gasteiger partial charge in [-0.05, 0) is 106 Å². The van der Waals surface area contributed by atoms with Crippen molar-refractivity contribution in [3.63, 3.8) is 0 Å². The number of carboxylic acids is 1. The number of carbonyl (C=O) groups is 2. The lowest BCUT2D eigenvalue weighted by molar-refractivity contribution is -0.116. The normalized spacial score (nSPS) is 16.3. The van der Waals surface area contributed by atoms with Gasteiger partial charge in [0.1, 0.15) is 0 Å². The number of fused-ring (bicyclic) bond motifs is 1. The first kappa shape index (κ1) is 26.9. The number of rotatable bonds is 10. The molecule has 0 bridgehead atoms. The second kappa shape index (κ2) is 12.4. The fourth-order valence-electron chi connectivity index (χ4n) is 5.12. The van der Waals surface area contributed by atoms with Crippen LogP contribution in [0.15, 0.2) is 47.4 Å². The Morgan fingerprint density at radius 2 is 1.73 bits per heavy atom. The predicted octanol–water partition coefficient (Wildman–Crippen LogP) is 4.07. The van der Waals surface area contributed by atoms with E-state index < -0.39 is 16.0 Å². The summed E-state index contributed by atoms with van der Waals surface area (Å²) in [6.45, 7) is 3.71. The number of likely N-dealkylation sites (tertiary alicyclic amines) is 1. The minimum atomic E-state index is -4.04. The molecule has 1 heterocycles. The van der Waals surface area contributed by atoms with Gasteiger partial charge in [-0.2, -0.15) is 0 Å². The molecule has 1 amide bonds. The van der Waals surface area contributed by atoms with E-state index in [4.69, 9.17) is 0 Å². The SMILES string of the molecule is O=C(C=Cc1cc2c(c(C(=O)O)c1NS(=O)(=O)c1ccccc1)CCCC2)NCCCN1CCCCC1. The molecule has 9 heteroatoms. The van der Waals surface area contributed by atoms with Gasteiger partial charge in [0.2, 0.25) is 5.91 Å². The van der Waals surface area contributed by atoms with Crippen molar-refractivity contribution in [2.24, 2.45) is 0 Å². The van der Waals surface area contributed by atoms with Gasteiger partial charge in [0, 0.05) is 12.6 Å². The van der Waals surface area contributed by atoms with Gasteiger partial charge in [-0.25, -0.2) is 13.2 Å². The highest BCUT2D eigenvalue weighted by Crippen LogP contribution is 2.35. The Morgan fingerprint density at radius 1 is 1.00 bits per heavy atom. The molecule has 0 radical (unpaired) electrons. The Hall–Kier alpha value is -3.17. The monoisotopic (exact) mass is 525 g/mol. The number of sulfonamides is 1. The van der Waals surface area contributed by atoms with E-state index in [9.17, 15) is 23.1 Å². The first-order valence-electron chi connectivity index (χ1n) is 13.0. The van der Waals surface area contributed by atoms with Crippen molar-refractivity contribution in [2.45, 2.75) is 56.3 Å². The first-order valence-corrected chi connectivity index (χ1v) is 14.5. The van der Waals surface area contributed by atoms with Gasteiger partial charge < -0.3 is 15.3 Å². The molecule has 0 aromatic heterocycles. The molecule has 1 saturated heterocycles. The van der Waals surface area contributed by atoms with Gasteiger partial charge in [-0.1, -0.05) is 24.6 Å². The molecule has 37 heavy (non-hydrogen) atoms. The predicted molar refractivity (Wildman–Crippen MR) is 144 cm³/mol. The lowest BCUT2D eigenvalue weighted by Crippen LogP contribution is -2.33. The minimum absolute atomic E-state index is 0.00819. The number of carboxylic acid groups (broad SMARTS) is 1. The highest BCUT2D eigenvalue weighted by Gasteiger charge is 2.27. The van der Waals surface area contributed by atoms with E-state index in [1.807, 2.05) is 6.07 Å². The number of aromatic carboxylic acids is 1. The third-order valence-electron chi connectivity index (χ3n) is 7.00. The molecular weight excluding hydrogens is 490 g/mol. The molecule has 1 aliphatic carbocycles. The summed E-state index contributed by atoms with van der Waals surface area (Å²) < 4.78 is 28.8. The Balaban J connectivity index is 1.56. The largest absolute Gasteiger partial charge is 0.478 e. The molecule has 0 unspecified atom stereocenters. The summed E-state index contributed by atoms with van der Waals surface area (Å²) in [6.07, 6.45) is 10.5. The average molecular weight is 526 g/mol. The number of aryl methyl sites for hydroxylation is 1. The van der Waals surface area contributed by atoms with Gasteiger partial charge in [-0.3, -0.25) is 9.52 Å². The zero-order chi connectivity index (χ0) is 26.3. The molecule has 4 rings (SSSR count). The van der Waals surface area contributed by atoms with Gasteiger partial charge in [0.15, 0.2) is 0 Å². The molecular formula is C28H35N3O5S. The van der Waals surface area contributed by atoms with E-state index >= 15 is 0 Å². The third-order valence-corrected chi connectivity index (χ3v) is 8.36. The number of nitrogens with zero attached hydrogens (tertiary/aromatic N) is 1. The molecule has 8 nitrogen and oxygen atoms in total. The minimum Gasteiger partial charge on any atom is -0.478 e. The van der Waals surface area contributed by atoms with Crippen molar-refractivity contribution < 1.29 is 23.1 Å². The summed E-state index contributed by atoms with van der Waals surface area (Å²) in [5.74, 6) is -1.49. The Labute approximate surface area is 218 Å². The number of amides is 1. The van der Waals surface area contributed by atoms with Crippen LogP contribution < -0.4 is 10.0 Å². The van der Waals surface area contributed by atoms with E-state index in [1.165, 1.54) is 43.5 Å². The third kappa shape index (κ3) is 6.99. The molecule has 2 aromatic rings. The number of anilines is 1. The first-order chi connectivity index (χ1) is 17.8. The number of carbonyl (C=O) groups excluding carboxylic acids is 1. The summed E-state index contributed by atoms with van der Waals surface area (Å²) in [5, 5.41) is 13.0. The standard InChI is InChI=1S/C28H35N3O5S/c32-25(29-16-9-19-31-17-7-2-8-18-31)15-14-22-20-21-10-5-6-13-24(21)26(28(33)34)27(22)30-37(35,36)23-11-3-1-4-12-23/h1,3-4,11-12,14-15,20,30H,2,5-10,13,16-19H2,(H,29,32)(H,33,34). The summed E-state index contributed by atoms with van der Waals surface area (Å²) >= 11 is 0. The number of nitrogens with one attached hydrogen (secondary N) is 2. The van der Waals surface area contributed by atoms with Crippen molar-refractivity contribution in [3.8, 4) is 0 Å². The Kier molecular flexibility index (Phi) is 9.00. The number of hydrogen-bond acceptors (Lipinski definition) is 5. The average Bonchev–Trinajstić information content (AvgIpc) is 2.90. The maximum atomic E-state index is 13.1. The maximum Gasteiger partial charge on any atom is 0.338 e. The molecule has 1 fully saturated rings. The molecule has 2 aliphatic rings. The summed E-state index contributed by atoms with van der Waals surface area (Å²) in [7, 11) is -4.04. The number of hydrogen-bond donors (Lipinski definition) is 3. The molecule has 0 atom stereocenters. The van der Waals surface area contributed by atoms with Crippen LogP contribution in [-0.2, 0) is 27.7 Å². The van der Waals surface area contributed by atoms with Crippen LogP contribution in [0.2, 0.25) is 0 Å². The van der Waals surface area contributed by atoms with Crippen LogP contribution in [0.25, 0.3) is 6.08 Å². The van der Waals surface area contributed by atoms with Gasteiger partial charge >= 0.3 is 5.97 Å². The van der Waals surface area contributed by atoms with Crippen LogP contribution >= 0.6 is 0 Å². The highest BCUT2D eigenvalue weighted by molar-refractivity contribution is 7.92. The van der Waals surface area contributed by atoms with Crippen LogP contribution in [-0.4, -0.2) is 56.5 Å². The Morgan fingerprint density at radius 3 is 2.46 bits per heavy atom. The fraction of sp³-hybridized carbons (Fsp3) is 0.429. The Bertz CT molecular complexity index is 1250. The number of piperidine rings is 1. The molecule has 1 aliphatic heterocycles. The van der Waals surface area contributed by atoms with Crippen LogP contribution in [0.4, 0.5) is 5.69 Å². The number of benzene rings is 2. The highest BCUT2D eigenvalue weighted by atomic mass is 32.2. The molecule has 2 aromatic carbocycles. The van der Waals surface area contributed by atoms with E-state index in [0.29, 0.717) is 30.5 Å².